The van der Waals surface area contributed by atoms with Gasteiger partial charge in [-0.25, -0.2) is 0 Å². The molecule has 0 saturated carbocycles. The van der Waals surface area contributed by atoms with Crippen LogP contribution < -0.4 is 15.5 Å². The first-order valence-electron chi connectivity index (χ1n) is 8.29. The Balaban J connectivity index is 1.92. The number of quaternary nitrogens is 1. The van der Waals surface area contributed by atoms with E-state index in [1.807, 2.05) is 13.0 Å². The number of carbonyl (C=O) groups is 2. The number of nitriles is 1. The second kappa shape index (κ2) is 9.93. The van der Waals surface area contributed by atoms with Gasteiger partial charge in [-0.15, -0.1) is 0 Å². The Bertz CT molecular complexity index is 880. The largest absolute Gasteiger partial charge is 0.321 e. The van der Waals surface area contributed by atoms with Crippen molar-refractivity contribution in [1.82, 2.24) is 0 Å². The van der Waals surface area contributed by atoms with Gasteiger partial charge in [0.25, 0.3) is 11.8 Å². The fourth-order valence-corrected chi connectivity index (χ4v) is 2.76. The summed E-state index contributed by atoms with van der Waals surface area (Å²) in [6.45, 7) is 2.69. The molecule has 140 valence electrons. The number of hydrogen-bond donors (Lipinski definition) is 3. The molecule has 2 amide bonds. The van der Waals surface area contributed by atoms with Gasteiger partial charge in [0, 0.05) is 10.7 Å². The third-order valence-corrected chi connectivity index (χ3v) is 4.36. The molecular weight excluding hydrogens is 387 g/mol. The van der Waals surface area contributed by atoms with E-state index in [0.29, 0.717) is 33.5 Å². The van der Waals surface area contributed by atoms with Gasteiger partial charge in [0.1, 0.15) is 0 Å². The molecule has 8 heteroatoms. The Morgan fingerprint density at radius 3 is 2.44 bits per heavy atom. The van der Waals surface area contributed by atoms with Gasteiger partial charge in [-0.1, -0.05) is 29.3 Å². The van der Waals surface area contributed by atoms with Gasteiger partial charge in [-0.2, -0.15) is 5.26 Å². The van der Waals surface area contributed by atoms with Crippen LogP contribution in [0.3, 0.4) is 0 Å². The van der Waals surface area contributed by atoms with Crippen molar-refractivity contribution >= 4 is 46.4 Å². The molecule has 2 aromatic carbocycles. The maximum Gasteiger partial charge on any atom is 0.279 e. The summed E-state index contributed by atoms with van der Waals surface area (Å²) in [4.78, 5) is 25.3. The summed E-state index contributed by atoms with van der Waals surface area (Å²) in [7, 11) is 0. The van der Waals surface area contributed by atoms with Crippen LogP contribution in [0.5, 0.6) is 0 Å². The molecule has 0 aliphatic heterocycles. The Kier molecular flexibility index (Phi) is 7.62. The SMILES string of the molecule is CC[NH+](CC(=O)Nc1cccc(C#N)c1)CC(=O)Nc1cc(Cl)ccc1Cl. The van der Waals surface area contributed by atoms with Crippen LogP contribution in [0, 0.1) is 11.3 Å². The second-order valence-electron chi connectivity index (χ2n) is 5.87. The third-order valence-electron chi connectivity index (χ3n) is 3.80. The highest BCUT2D eigenvalue weighted by Gasteiger charge is 2.18. The Morgan fingerprint density at radius 1 is 1.07 bits per heavy atom. The highest BCUT2D eigenvalue weighted by Crippen LogP contribution is 2.25. The molecule has 0 fully saturated rings. The van der Waals surface area contributed by atoms with Crippen molar-refractivity contribution in [2.75, 3.05) is 30.3 Å². The minimum absolute atomic E-state index is 0.102. The van der Waals surface area contributed by atoms with Gasteiger partial charge in [0.05, 0.1) is 28.9 Å². The summed E-state index contributed by atoms with van der Waals surface area (Å²) < 4.78 is 0. The lowest BCUT2D eigenvalue weighted by molar-refractivity contribution is -0.881. The minimum atomic E-state index is -0.268. The van der Waals surface area contributed by atoms with Gasteiger partial charge in [-0.3, -0.25) is 9.59 Å². The molecule has 0 aliphatic rings. The normalized spacial score (nSPS) is 11.3. The maximum atomic E-state index is 12.3. The number of nitrogens with zero attached hydrogens (tertiary/aromatic N) is 1. The van der Waals surface area contributed by atoms with Gasteiger partial charge in [-0.05, 0) is 43.3 Å². The minimum Gasteiger partial charge on any atom is -0.321 e. The molecular formula is C19H19Cl2N4O2+. The van der Waals surface area contributed by atoms with Crippen molar-refractivity contribution in [2.45, 2.75) is 6.92 Å². The van der Waals surface area contributed by atoms with E-state index >= 15 is 0 Å². The predicted molar refractivity (Wildman–Crippen MR) is 106 cm³/mol. The summed E-state index contributed by atoms with van der Waals surface area (Å²) in [5.41, 5.74) is 1.44. The Hall–Kier alpha value is -2.59. The molecule has 27 heavy (non-hydrogen) atoms. The molecule has 0 bridgehead atoms. The van der Waals surface area contributed by atoms with Crippen LogP contribution >= 0.6 is 23.2 Å². The average molecular weight is 406 g/mol. The van der Waals surface area contributed by atoms with Gasteiger partial charge >= 0.3 is 0 Å². The molecule has 0 spiro atoms. The third kappa shape index (κ3) is 6.57. The van der Waals surface area contributed by atoms with E-state index in [2.05, 4.69) is 10.6 Å². The van der Waals surface area contributed by atoms with Crippen molar-refractivity contribution < 1.29 is 14.5 Å². The zero-order chi connectivity index (χ0) is 19.8. The molecule has 0 aliphatic carbocycles. The van der Waals surface area contributed by atoms with Crippen LogP contribution in [0.25, 0.3) is 0 Å². The first kappa shape index (κ1) is 20.7. The number of nitrogens with one attached hydrogen (secondary N) is 3. The van der Waals surface area contributed by atoms with Crippen molar-refractivity contribution in [2.24, 2.45) is 0 Å². The zero-order valence-electron chi connectivity index (χ0n) is 14.7. The van der Waals surface area contributed by atoms with Gasteiger partial charge in [0.2, 0.25) is 0 Å². The van der Waals surface area contributed by atoms with Crippen molar-refractivity contribution in [3.63, 3.8) is 0 Å². The maximum absolute atomic E-state index is 12.3. The van der Waals surface area contributed by atoms with E-state index in [1.165, 1.54) is 0 Å². The number of halogens is 2. The smallest absolute Gasteiger partial charge is 0.279 e. The lowest BCUT2D eigenvalue weighted by Gasteiger charge is -2.17. The lowest BCUT2D eigenvalue weighted by Crippen LogP contribution is -3.13. The number of hydrogen-bond acceptors (Lipinski definition) is 3. The number of anilines is 2. The molecule has 2 aromatic rings. The number of amides is 2. The number of carbonyl (C=O) groups excluding carboxylic acids is 2. The van der Waals surface area contributed by atoms with E-state index in [9.17, 15) is 9.59 Å². The summed E-state index contributed by atoms with van der Waals surface area (Å²) >= 11 is 12.0. The van der Waals surface area contributed by atoms with E-state index in [1.54, 1.807) is 42.5 Å². The Morgan fingerprint density at radius 2 is 1.78 bits per heavy atom. The van der Waals surface area contributed by atoms with Crippen LogP contribution in [-0.2, 0) is 9.59 Å². The summed E-state index contributed by atoms with van der Waals surface area (Å²) in [6.07, 6.45) is 0. The van der Waals surface area contributed by atoms with Gasteiger partial charge in [0.15, 0.2) is 13.1 Å². The fourth-order valence-electron chi connectivity index (χ4n) is 2.43. The molecule has 1 unspecified atom stereocenters. The summed E-state index contributed by atoms with van der Waals surface area (Å²) in [6, 6.07) is 13.5. The molecule has 2 rings (SSSR count). The molecule has 0 saturated heterocycles. The lowest BCUT2D eigenvalue weighted by atomic mass is 10.2. The van der Waals surface area contributed by atoms with Crippen molar-refractivity contribution in [1.29, 1.82) is 5.26 Å². The number of benzene rings is 2. The first-order valence-corrected chi connectivity index (χ1v) is 9.05. The zero-order valence-corrected chi connectivity index (χ0v) is 16.2. The fraction of sp³-hybridized carbons (Fsp3) is 0.211. The molecule has 0 heterocycles. The van der Waals surface area contributed by atoms with Crippen LogP contribution in [-0.4, -0.2) is 31.4 Å². The summed E-state index contributed by atoms with van der Waals surface area (Å²) in [5, 5.41) is 15.2. The summed E-state index contributed by atoms with van der Waals surface area (Å²) in [5.74, 6) is -0.508. The van der Waals surface area contributed by atoms with E-state index in [0.717, 1.165) is 4.90 Å². The average Bonchev–Trinajstić information content (AvgIpc) is 2.64. The van der Waals surface area contributed by atoms with Crippen molar-refractivity contribution in [3.8, 4) is 6.07 Å². The molecule has 0 radical (unpaired) electrons. The van der Waals surface area contributed by atoms with E-state index < -0.39 is 0 Å². The van der Waals surface area contributed by atoms with Crippen molar-refractivity contribution in [3.05, 3.63) is 58.1 Å². The number of rotatable bonds is 7. The van der Waals surface area contributed by atoms with Gasteiger partial charge < -0.3 is 15.5 Å². The van der Waals surface area contributed by atoms with Crippen LogP contribution in [0.4, 0.5) is 11.4 Å². The highest BCUT2D eigenvalue weighted by molar-refractivity contribution is 6.35. The Labute approximate surface area is 167 Å². The monoisotopic (exact) mass is 405 g/mol. The van der Waals surface area contributed by atoms with E-state index in [4.69, 9.17) is 28.5 Å². The highest BCUT2D eigenvalue weighted by atomic mass is 35.5. The van der Waals surface area contributed by atoms with Crippen LogP contribution in [0.15, 0.2) is 42.5 Å². The standard InChI is InChI=1S/C19H18Cl2N4O2/c1-2-25(11-18(26)23-15-5-3-4-13(8-15)10-22)12-19(27)24-17-9-14(20)6-7-16(17)21/h3-9H,2,11-12H2,1H3,(H,23,26)(H,24,27)/p+1. The number of likely N-dealkylation sites (N-methyl/N-ethyl adjacent to an activating group) is 1. The predicted octanol–water partition coefficient (Wildman–Crippen LogP) is 2.35. The molecule has 0 aromatic heterocycles. The second-order valence-corrected chi connectivity index (χ2v) is 6.71. The van der Waals surface area contributed by atoms with Crippen LogP contribution in [0.2, 0.25) is 10.0 Å². The molecule has 1 atom stereocenters. The first-order chi connectivity index (χ1) is 12.9. The van der Waals surface area contributed by atoms with E-state index in [-0.39, 0.29) is 24.9 Å². The quantitative estimate of drug-likeness (QED) is 0.660. The molecule has 6 nitrogen and oxygen atoms in total. The van der Waals surface area contributed by atoms with Crippen LogP contribution in [0.1, 0.15) is 12.5 Å². The molecule has 3 N–H and O–H groups in total. The topological polar surface area (TPSA) is 86.4 Å².